The van der Waals surface area contributed by atoms with E-state index in [1.807, 2.05) is 6.07 Å². The lowest BCUT2D eigenvalue weighted by molar-refractivity contribution is -0.321. The number of hydrogen-bond acceptors (Lipinski definition) is 8. The number of carbonyl (C=O) groups excluding carboxylic acids is 1. The van der Waals surface area contributed by atoms with E-state index in [2.05, 4.69) is 18.7 Å². The smallest absolute Gasteiger partial charge is 0.338 e. The topological polar surface area (TPSA) is 109 Å². The molecule has 0 amide bonds. The lowest BCUT2D eigenvalue weighted by Crippen LogP contribution is -2.81. The molecule has 8 heteroatoms. The molecule has 1 spiro atoms. The fraction of sp³-hybridized carbons (Fsp3) is 0.767. The zero-order valence-corrected chi connectivity index (χ0v) is 22.7. The minimum Gasteiger partial charge on any atom is -0.458 e. The lowest BCUT2D eigenvalue weighted by Gasteiger charge is -2.70. The molecule has 5 saturated carbocycles. The highest BCUT2D eigenvalue weighted by molar-refractivity contribution is 5.89. The highest BCUT2D eigenvalue weighted by atomic mass is 16.6. The van der Waals surface area contributed by atoms with Gasteiger partial charge in [0.25, 0.3) is 0 Å². The van der Waals surface area contributed by atoms with Gasteiger partial charge in [0, 0.05) is 56.4 Å². The van der Waals surface area contributed by atoms with Gasteiger partial charge < -0.3 is 29.5 Å². The summed E-state index contributed by atoms with van der Waals surface area (Å²) in [6, 6.07) is 8.63. The molecule has 13 atom stereocenters. The van der Waals surface area contributed by atoms with Crippen molar-refractivity contribution in [3.8, 4) is 0 Å². The van der Waals surface area contributed by atoms with Crippen LogP contribution in [0.2, 0.25) is 0 Å². The van der Waals surface area contributed by atoms with Gasteiger partial charge in [0.2, 0.25) is 0 Å². The van der Waals surface area contributed by atoms with Crippen LogP contribution in [0.4, 0.5) is 0 Å². The molecule has 8 nitrogen and oxygen atoms in total. The second-order valence-electron chi connectivity index (χ2n) is 13.3. The molecule has 1 aliphatic heterocycles. The van der Waals surface area contributed by atoms with E-state index in [9.17, 15) is 20.1 Å². The van der Waals surface area contributed by atoms with Gasteiger partial charge >= 0.3 is 5.97 Å². The Hall–Kier alpha value is -1.55. The zero-order chi connectivity index (χ0) is 26.8. The van der Waals surface area contributed by atoms with Crippen LogP contribution in [0.3, 0.4) is 0 Å². The fourth-order valence-electron chi connectivity index (χ4n) is 11.3. The number of aliphatic hydroxyl groups excluding tert-OH is 1. The van der Waals surface area contributed by atoms with Crippen LogP contribution in [0, 0.1) is 34.5 Å². The summed E-state index contributed by atoms with van der Waals surface area (Å²) in [5.41, 5.74) is -3.48. The van der Waals surface area contributed by atoms with Crippen LogP contribution in [0.1, 0.15) is 49.9 Å². The number of nitrogens with zero attached hydrogens (tertiary/aromatic N) is 1. The van der Waals surface area contributed by atoms with E-state index < -0.39 is 46.8 Å². The Morgan fingerprint density at radius 2 is 1.82 bits per heavy atom. The maximum atomic E-state index is 13.4. The molecular formula is C30H41NO7. The number of piperidine rings is 1. The standard InChI is InChI=1S/C30H41NO7/c1-5-31-15-27(2)12-11-19(32)30-23(27)22(37-4)20(25(30)31)28(34)14-18(36-3)17-13-29(30,35)24(28)21(17)38-26(33)16-9-7-6-8-10-16/h6-10,17-25,32,34-35H,5,11-15H2,1-4H3/t17-,18-,19-,20+,21-,22+,23-,24-,25-,27+,28+,29+,30-/m1/s1. The number of aliphatic hydroxyl groups is 3. The van der Waals surface area contributed by atoms with Crippen molar-refractivity contribution in [2.75, 3.05) is 27.3 Å². The number of rotatable bonds is 5. The van der Waals surface area contributed by atoms with E-state index in [1.54, 1.807) is 38.5 Å². The Kier molecular flexibility index (Phi) is 5.36. The number of benzene rings is 1. The average Bonchev–Trinajstić information content (AvgIpc) is 3.32. The highest BCUT2D eigenvalue weighted by Gasteiger charge is 2.90. The minimum absolute atomic E-state index is 0.119. The first kappa shape index (κ1) is 25.4. The number of likely N-dealkylation sites (tertiary alicyclic amines) is 1. The van der Waals surface area contributed by atoms with Crippen molar-refractivity contribution < 1.29 is 34.3 Å². The van der Waals surface area contributed by atoms with E-state index in [0.29, 0.717) is 24.8 Å². The van der Waals surface area contributed by atoms with Crippen LogP contribution in [-0.4, -0.2) is 95.2 Å². The summed E-state index contributed by atoms with van der Waals surface area (Å²) >= 11 is 0. The number of hydrogen-bond donors (Lipinski definition) is 3. The Morgan fingerprint density at radius 1 is 1.08 bits per heavy atom. The molecule has 5 aliphatic carbocycles. The molecule has 208 valence electrons. The Morgan fingerprint density at radius 3 is 2.47 bits per heavy atom. The van der Waals surface area contributed by atoms with Crippen LogP contribution in [0.15, 0.2) is 30.3 Å². The Bertz CT molecular complexity index is 1130. The van der Waals surface area contributed by atoms with Gasteiger partial charge in [-0.05, 0) is 43.4 Å². The summed E-state index contributed by atoms with van der Waals surface area (Å²) in [6.45, 7) is 6.01. The number of methoxy groups -OCH3 is 2. The van der Waals surface area contributed by atoms with Gasteiger partial charge in [0.05, 0.1) is 41.0 Å². The second-order valence-corrected chi connectivity index (χ2v) is 13.3. The molecule has 7 rings (SSSR count). The van der Waals surface area contributed by atoms with Crippen molar-refractivity contribution in [2.24, 2.45) is 34.5 Å². The van der Waals surface area contributed by atoms with Crippen molar-refractivity contribution in [3.63, 3.8) is 0 Å². The van der Waals surface area contributed by atoms with E-state index in [0.717, 1.165) is 19.5 Å². The van der Waals surface area contributed by atoms with Crippen molar-refractivity contribution in [3.05, 3.63) is 35.9 Å². The monoisotopic (exact) mass is 527 g/mol. The molecule has 0 unspecified atom stereocenters. The summed E-state index contributed by atoms with van der Waals surface area (Å²) in [5, 5.41) is 38.1. The fourth-order valence-corrected chi connectivity index (χ4v) is 11.3. The Balaban J connectivity index is 1.44. The molecule has 38 heavy (non-hydrogen) atoms. The minimum atomic E-state index is -1.45. The molecule has 1 aromatic carbocycles. The predicted octanol–water partition coefficient (Wildman–Crippen LogP) is 1.86. The third-order valence-electron chi connectivity index (χ3n) is 12.2. The van der Waals surface area contributed by atoms with Crippen LogP contribution >= 0.6 is 0 Å². The van der Waals surface area contributed by atoms with Gasteiger partial charge in [-0.15, -0.1) is 0 Å². The van der Waals surface area contributed by atoms with E-state index in [-0.39, 0.29) is 35.3 Å². The van der Waals surface area contributed by atoms with Crippen LogP contribution in [0.5, 0.6) is 0 Å². The molecule has 6 aliphatic rings. The predicted molar refractivity (Wildman–Crippen MR) is 137 cm³/mol. The summed E-state index contributed by atoms with van der Waals surface area (Å²) in [5.74, 6) is -1.96. The first-order valence-electron chi connectivity index (χ1n) is 14.3. The normalized spacial score (nSPS) is 54.1. The molecule has 1 heterocycles. The van der Waals surface area contributed by atoms with Gasteiger partial charge in [-0.3, -0.25) is 4.90 Å². The van der Waals surface area contributed by atoms with Gasteiger partial charge in [-0.25, -0.2) is 4.79 Å². The van der Waals surface area contributed by atoms with Crippen molar-refractivity contribution in [2.45, 2.75) is 81.2 Å². The average molecular weight is 528 g/mol. The lowest BCUT2D eigenvalue weighted by atomic mass is 9.41. The number of ether oxygens (including phenoxy) is 3. The number of fused-ring (bicyclic) bond motifs is 2. The molecule has 1 saturated heterocycles. The first-order chi connectivity index (χ1) is 18.1. The van der Waals surface area contributed by atoms with Gasteiger partial charge in [0.15, 0.2) is 0 Å². The van der Waals surface area contributed by atoms with E-state index >= 15 is 0 Å². The summed E-state index contributed by atoms with van der Waals surface area (Å²) in [4.78, 5) is 15.8. The van der Waals surface area contributed by atoms with Crippen LogP contribution < -0.4 is 0 Å². The van der Waals surface area contributed by atoms with Gasteiger partial charge in [-0.1, -0.05) is 32.0 Å². The van der Waals surface area contributed by atoms with Crippen LogP contribution in [0.25, 0.3) is 0 Å². The van der Waals surface area contributed by atoms with Gasteiger partial charge in [0.1, 0.15) is 6.10 Å². The highest BCUT2D eigenvalue weighted by Crippen LogP contribution is 2.80. The quantitative estimate of drug-likeness (QED) is 0.498. The van der Waals surface area contributed by atoms with Crippen molar-refractivity contribution >= 4 is 5.97 Å². The first-order valence-corrected chi connectivity index (χ1v) is 14.3. The maximum absolute atomic E-state index is 13.4. The van der Waals surface area contributed by atoms with Crippen LogP contribution in [-0.2, 0) is 14.2 Å². The molecule has 7 bridgehead atoms. The Labute approximate surface area is 224 Å². The molecule has 6 fully saturated rings. The van der Waals surface area contributed by atoms with E-state index in [1.165, 1.54) is 0 Å². The molecule has 0 radical (unpaired) electrons. The largest absolute Gasteiger partial charge is 0.458 e. The van der Waals surface area contributed by atoms with Crippen molar-refractivity contribution in [1.82, 2.24) is 4.90 Å². The van der Waals surface area contributed by atoms with Crippen molar-refractivity contribution in [1.29, 1.82) is 0 Å². The zero-order valence-electron chi connectivity index (χ0n) is 22.7. The summed E-state index contributed by atoms with van der Waals surface area (Å²) < 4.78 is 18.5. The molecule has 1 aromatic rings. The third kappa shape index (κ3) is 2.66. The SMILES string of the molecule is CCN1C[C@]2(C)CC[C@@H](O)[C@@]34[C@@H]2[C@@H](OC)[C@@H]([C@@H]13)[C@@]1(O)C[C@@H](OC)[C@H]2C[C@]4(O)[C@@H]1[C@@H]2OC(=O)c1ccccc1. The molecular weight excluding hydrogens is 486 g/mol. The summed E-state index contributed by atoms with van der Waals surface area (Å²) in [6.07, 6.45) is -0.118. The number of esters is 1. The van der Waals surface area contributed by atoms with E-state index in [4.69, 9.17) is 14.2 Å². The van der Waals surface area contributed by atoms with Gasteiger partial charge in [-0.2, -0.15) is 0 Å². The maximum Gasteiger partial charge on any atom is 0.338 e. The molecule has 3 N–H and O–H groups in total. The molecule has 0 aromatic heterocycles. The summed E-state index contributed by atoms with van der Waals surface area (Å²) in [7, 11) is 3.33. The number of carbonyl (C=O) groups is 1. The third-order valence-corrected chi connectivity index (χ3v) is 12.2. The second kappa shape index (κ2) is 8.02.